The van der Waals surface area contributed by atoms with Gasteiger partial charge in [-0.1, -0.05) is 37.3 Å². The maximum atomic E-state index is 5.62. The van der Waals surface area contributed by atoms with Crippen LogP contribution in [0.1, 0.15) is 42.1 Å². The molecule has 4 nitrogen and oxygen atoms in total. The van der Waals surface area contributed by atoms with E-state index in [-0.39, 0.29) is 6.10 Å². The summed E-state index contributed by atoms with van der Waals surface area (Å²) in [5.74, 6) is 1.60. The van der Waals surface area contributed by atoms with Crippen molar-refractivity contribution in [1.82, 2.24) is 9.97 Å². The highest BCUT2D eigenvalue weighted by Crippen LogP contribution is 2.25. The third kappa shape index (κ3) is 3.58. The van der Waals surface area contributed by atoms with Crippen LogP contribution in [-0.2, 0) is 4.74 Å². The number of anilines is 1. The Bertz CT molecular complexity index is 584. The molecular weight excluding hydrogens is 262 g/mol. The van der Waals surface area contributed by atoms with Crippen LogP contribution < -0.4 is 5.32 Å². The maximum Gasteiger partial charge on any atom is 0.164 e. The molecule has 0 fully saturated rings. The number of nitrogens with one attached hydrogen (secondary N) is 1. The van der Waals surface area contributed by atoms with E-state index >= 15 is 0 Å². The number of methoxy groups -OCH3 is 1. The zero-order chi connectivity index (χ0) is 15.2. The van der Waals surface area contributed by atoms with Crippen LogP contribution in [0, 0.1) is 13.8 Å². The van der Waals surface area contributed by atoms with Crippen molar-refractivity contribution in [2.24, 2.45) is 0 Å². The number of aromatic nitrogens is 2. The molecular formula is C17H23N3O. The van der Waals surface area contributed by atoms with E-state index in [4.69, 9.17) is 4.74 Å². The molecule has 0 aliphatic rings. The maximum absolute atomic E-state index is 5.62. The van der Waals surface area contributed by atoms with Gasteiger partial charge in [-0.05, 0) is 25.8 Å². The fraction of sp³-hybridized carbons (Fsp3) is 0.412. The molecule has 1 aromatic heterocycles. The van der Waals surface area contributed by atoms with Crippen molar-refractivity contribution in [2.75, 3.05) is 19.0 Å². The first-order valence-electron chi connectivity index (χ1n) is 7.34. The van der Waals surface area contributed by atoms with Gasteiger partial charge in [0.15, 0.2) is 5.82 Å². The quantitative estimate of drug-likeness (QED) is 0.880. The summed E-state index contributed by atoms with van der Waals surface area (Å²) in [6.07, 6.45) is 0.817. The van der Waals surface area contributed by atoms with E-state index in [1.165, 1.54) is 0 Å². The molecule has 1 heterocycles. The van der Waals surface area contributed by atoms with E-state index < -0.39 is 0 Å². The first-order valence-corrected chi connectivity index (χ1v) is 7.34. The Hall–Kier alpha value is -1.94. The molecule has 21 heavy (non-hydrogen) atoms. The van der Waals surface area contributed by atoms with Crippen LogP contribution in [0.25, 0.3) is 0 Å². The molecule has 0 aliphatic heterocycles. The predicted octanol–water partition coefficient (Wildman–Crippen LogP) is 3.65. The van der Waals surface area contributed by atoms with Crippen LogP contribution in [0.5, 0.6) is 0 Å². The van der Waals surface area contributed by atoms with Gasteiger partial charge in [0.05, 0.1) is 0 Å². The Kier molecular flexibility index (Phi) is 5.28. The van der Waals surface area contributed by atoms with Crippen molar-refractivity contribution in [1.29, 1.82) is 0 Å². The largest absolute Gasteiger partial charge is 0.370 e. The third-order valence-corrected chi connectivity index (χ3v) is 3.52. The summed E-state index contributed by atoms with van der Waals surface area (Å²) in [7, 11) is 1.69. The van der Waals surface area contributed by atoms with Crippen LogP contribution in [0.3, 0.4) is 0 Å². The molecule has 1 unspecified atom stereocenters. The van der Waals surface area contributed by atoms with E-state index in [9.17, 15) is 0 Å². The number of nitrogens with zero attached hydrogens (tertiary/aromatic N) is 2. The lowest BCUT2D eigenvalue weighted by atomic mass is 10.1. The topological polar surface area (TPSA) is 47.0 Å². The van der Waals surface area contributed by atoms with Crippen LogP contribution in [0.15, 0.2) is 30.3 Å². The highest BCUT2D eigenvalue weighted by atomic mass is 16.5. The lowest BCUT2D eigenvalue weighted by molar-refractivity contribution is 0.129. The van der Waals surface area contributed by atoms with Crippen LogP contribution in [0.4, 0.5) is 5.82 Å². The molecule has 4 heteroatoms. The standard InChI is InChI=1S/C17H23N3O/c1-5-11-18-16-12(2)13(3)19-17(20-16)15(21-4)14-9-7-6-8-10-14/h6-10,15H,5,11H2,1-4H3,(H,18,19,20). The van der Waals surface area contributed by atoms with Crippen LogP contribution in [-0.4, -0.2) is 23.6 Å². The molecule has 0 bridgehead atoms. The summed E-state index contributed by atoms with van der Waals surface area (Å²) >= 11 is 0. The number of hydrogen-bond donors (Lipinski definition) is 1. The van der Waals surface area contributed by atoms with Gasteiger partial charge in [0.25, 0.3) is 0 Å². The minimum atomic E-state index is -0.243. The zero-order valence-electron chi connectivity index (χ0n) is 13.2. The summed E-state index contributed by atoms with van der Waals surface area (Å²) in [6.45, 7) is 7.09. The normalized spacial score (nSPS) is 12.2. The van der Waals surface area contributed by atoms with E-state index in [1.54, 1.807) is 7.11 Å². The van der Waals surface area contributed by atoms with Crippen molar-refractivity contribution >= 4 is 5.82 Å². The lowest BCUT2D eigenvalue weighted by Gasteiger charge is -2.18. The van der Waals surface area contributed by atoms with E-state index in [1.807, 2.05) is 44.2 Å². The van der Waals surface area contributed by atoms with Gasteiger partial charge in [-0.3, -0.25) is 0 Å². The minimum Gasteiger partial charge on any atom is -0.370 e. The molecule has 1 N–H and O–H groups in total. The van der Waals surface area contributed by atoms with Gasteiger partial charge in [-0.15, -0.1) is 0 Å². The molecule has 2 aromatic rings. The molecule has 0 saturated heterocycles. The van der Waals surface area contributed by atoms with Gasteiger partial charge < -0.3 is 10.1 Å². The molecule has 112 valence electrons. The number of benzene rings is 1. The van der Waals surface area contributed by atoms with Gasteiger partial charge >= 0.3 is 0 Å². The number of ether oxygens (including phenoxy) is 1. The number of aryl methyl sites for hydroxylation is 1. The van der Waals surface area contributed by atoms with Crippen molar-refractivity contribution in [3.63, 3.8) is 0 Å². The van der Waals surface area contributed by atoms with Crippen molar-refractivity contribution < 1.29 is 4.74 Å². The molecule has 2 rings (SSSR count). The smallest absolute Gasteiger partial charge is 0.164 e. The highest BCUT2D eigenvalue weighted by molar-refractivity contribution is 5.46. The number of rotatable bonds is 6. The summed E-state index contributed by atoms with van der Waals surface area (Å²) in [5, 5.41) is 3.37. The van der Waals surface area contributed by atoms with Crippen molar-refractivity contribution in [3.8, 4) is 0 Å². The third-order valence-electron chi connectivity index (χ3n) is 3.52. The Morgan fingerprint density at radius 3 is 2.48 bits per heavy atom. The van der Waals surface area contributed by atoms with Crippen molar-refractivity contribution in [3.05, 3.63) is 53.0 Å². The molecule has 1 aromatic carbocycles. The summed E-state index contributed by atoms with van der Waals surface area (Å²) in [5.41, 5.74) is 3.14. The van der Waals surface area contributed by atoms with Crippen LogP contribution >= 0.6 is 0 Å². The highest BCUT2D eigenvalue weighted by Gasteiger charge is 2.18. The Morgan fingerprint density at radius 2 is 1.86 bits per heavy atom. The van der Waals surface area contributed by atoms with Crippen molar-refractivity contribution in [2.45, 2.75) is 33.3 Å². The Labute approximate surface area is 126 Å². The monoisotopic (exact) mass is 285 g/mol. The first kappa shape index (κ1) is 15.4. The van der Waals surface area contributed by atoms with Gasteiger partial charge in [0.2, 0.25) is 0 Å². The fourth-order valence-corrected chi connectivity index (χ4v) is 2.20. The predicted molar refractivity (Wildman–Crippen MR) is 85.6 cm³/mol. The Morgan fingerprint density at radius 1 is 1.14 bits per heavy atom. The zero-order valence-corrected chi connectivity index (χ0v) is 13.2. The summed E-state index contributed by atoms with van der Waals surface area (Å²) < 4.78 is 5.62. The van der Waals surface area contributed by atoms with E-state index in [0.717, 1.165) is 35.6 Å². The minimum absolute atomic E-state index is 0.243. The second kappa shape index (κ2) is 7.18. The second-order valence-electron chi connectivity index (χ2n) is 5.09. The Balaban J connectivity index is 2.40. The molecule has 0 saturated carbocycles. The van der Waals surface area contributed by atoms with Gasteiger partial charge in [0, 0.05) is 24.9 Å². The fourth-order valence-electron chi connectivity index (χ4n) is 2.20. The SMILES string of the molecule is CCCNc1nc(C(OC)c2ccccc2)nc(C)c1C. The second-order valence-corrected chi connectivity index (χ2v) is 5.09. The molecule has 0 radical (unpaired) electrons. The van der Waals surface area contributed by atoms with Gasteiger partial charge in [0.1, 0.15) is 11.9 Å². The number of hydrogen-bond acceptors (Lipinski definition) is 4. The van der Waals surface area contributed by atoms with Gasteiger partial charge in [-0.2, -0.15) is 0 Å². The summed E-state index contributed by atoms with van der Waals surface area (Å²) in [6, 6.07) is 10.1. The molecule has 0 spiro atoms. The lowest BCUT2D eigenvalue weighted by Crippen LogP contribution is -2.13. The average Bonchev–Trinajstić information content (AvgIpc) is 2.51. The molecule has 1 atom stereocenters. The van der Waals surface area contributed by atoms with E-state index in [2.05, 4.69) is 22.2 Å². The first-order chi connectivity index (χ1) is 10.2. The molecule has 0 amide bonds. The van der Waals surface area contributed by atoms with E-state index in [0.29, 0.717) is 5.82 Å². The average molecular weight is 285 g/mol. The molecule has 0 aliphatic carbocycles. The van der Waals surface area contributed by atoms with Gasteiger partial charge in [-0.25, -0.2) is 9.97 Å². The van der Waals surface area contributed by atoms with Crippen LogP contribution in [0.2, 0.25) is 0 Å². The summed E-state index contributed by atoms with van der Waals surface area (Å²) in [4.78, 5) is 9.28.